The van der Waals surface area contributed by atoms with Crippen molar-refractivity contribution in [2.24, 2.45) is 0 Å². The predicted molar refractivity (Wildman–Crippen MR) is 113 cm³/mol. The fourth-order valence-electron chi connectivity index (χ4n) is 2.85. The minimum absolute atomic E-state index is 0.171. The van der Waals surface area contributed by atoms with Crippen LogP contribution in [0.3, 0.4) is 0 Å². The molecule has 0 saturated heterocycles. The van der Waals surface area contributed by atoms with Gasteiger partial charge in [0.25, 0.3) is 0 Å². The van der Waals surface area contributed by atoms with E-state index in [9.17, 15) is 17.6 Å². The number of anilines is 2. The molecule has 9 heteroatoms. The number of rotatable bonds is 7. The summed E-state index contributed by atoms with van der Waals surface area (Å²) in [7, 11) is 0. The van der Waals surface area contributed by atoms with E-state index in [0.29, 0.717) is 5.82 Å². The Balaban J connectivity index is 1.61. The molecule has 1 heterocycles. The van der Waals surface area contributed by atoms with Crippen LogP contribution in [0.1, 0.15) is 30.9 Å². The fraction of sp³-hybridized carbons (Fsp3) is 0.238. The van der Waals surface area contributed by atoms with Crippen LogP contribution in [0.5, 0.6) is 0 Å². The molecule has 158 valence electrons. The number of hydrogen-bond donors (Lipinski definition) is 2. The van der Waals surface area contributed by atoms with E-state index in [4.69, 9.17) is 12.2 Å². The molecule has 0 saturated carbocycles. The molecule has 4 nitrogen and oxygen atoms in total. The highest BCUT2D eigenvalue weighted by Gasteiger charge is 2.19. The first kappa shape index (κ1) is 21.8. The van der Waals surface area contributed by atoms with Crippen molar-refractivity contribution in [3.05, 3.63) is 77.0 Å². The van der Waals surface area contributed by atoms with Gasteiger partial charge in [0.1, 0.15) is 0 Å². The van der Waals surface area contributed by atoms with Crippen molar-refractivity contribution in [1.82, 2.24) is 9.78 Å². The zero-order chi connectivity index (χ0) is 21.7. The Labute approximate surface area is 176 Å². The second-order valence-electron chi connectivity index (χ2n) is 6.72. The van der Waals surface area contributed by atoms with Crippen molar-refractivity contribution in [3.63, 3.8) is 0 Å². The number of unbranched alkanes of at least 4 members (excludes halogenated alkanes) is 1. The molecule has 2 N–H and O–H groups in total. The summed E-state index contributed by atoms with van der Waals surface area (Å²) in [5.41, 5.74) is 1.30. The smallest absolute Gasteiger partial charge is 0.176 e. The van der Waals surface area contributed by atoms with E-state index in [1.807, 2.05) is 24.3 Å². The molecular weight excluding hydrogens is 416 g/mol. The molecule has 0 radical (unpaired) electrons. The average molecular weight is 436 g/mol. The maximum absolute atomic E-state index is 13.8. The number of nitrogens with zero attached hydrogens (tertiary/aromatic N) is 2. The summed E-state index contributed by atoms with van der Waals surface area (Å²) in [6.07, 6.45) is 4.70. The molecule has 1 aromatic heterocycles. The standard InChI is InChI=1S/C21H20F4N4S/c1-2-3-4-13-5-7-14(8-6-13)26-21(30)27-18-9-10-29(28-18)12-15-19(24)16(22)11-17(23)20(15)25/h5-11H,2-4,12H2,1H3,(H2,26,27,28,30). The lowest BCUT2D eigenvalue weighted by Gasteiger charge is -2.10. The minimum Gasteiger partial charge on any atom is -0.332 e. The van der Waals surface area contributed by atoms with Crippen LogP contribution in [0.25, 0.3) is 0 Å². The SMILES string of the molecule is CCCCc1ccc(NC(=S)Nc2ccn(Cc3c(F)c(F)cc(F)c3F)n2)cc1. The summed E-state index contributed by atoms with van der Waals surface area (Å²) in [6.45, 7) is 1.66. The third-order valence-electron chi connectivity index (χ3n) is 4.44. The van der Waals surface area contributed by atoms with Gasteiger partial charge in [-0.15, -0.1) is 0 Å². The Bertz CT molecular complexity index is 1010. The fourth-order valence-corrected chi connectivity index (χ4v) is 3.08. The van der Waals surface area contributed by atoms with Gasteiger partial charge in [-0.3, -0.25) is 4.68 Å². The van der Waals surface area contributed by atoms with E-state index in [1.165, 1.54) is 17.8 Å². The van der Waals surface area contributed by atoms with Gasteiger partial charge in [-0.25, -0.2) is 17.6 Å². The van der Waals surface area contributed by atoms with Crippen LogP contribution < -0.4 is 10.6 Å². The van der Waals surface area contributed by atoms with Crippen LogP contribution in [0, 0.1) is 23.3 Å². The molecule has 0 unspecified atom stereocenters. The van der Waals surface area contributed by atoms with Gasteiger partial charge in [0.05, 0.1) is 12.1 Å². The highest BCUT2D eigenvalue weighted by Crippen LogP contribution is 2.20. The zero-order valence-electron chi connectivity index (χ0n) is 16.2. The third-order valence-corrected chi connectivity index (χ3v) is 4.64. The number of aromatic nitrogens is 2. The van der Waals surface area contributed by atoms with Crippen LogP contribution in [-0.2, 0) is 13.0 Å². The lowest BCUT2D eigenvalue weighted by Crippen LogP contribution is -2.19. The first-order chi connectivity index (χ1) is 14.4. The number of nitrogens with one attached hydrogen (secondary N) is 2. The number of hydrogen-bond acceptors (Lipinski definition) is 2. The first-order valence-corrected chi connectivity index (χ1v) is 9.80. The molecule has 0 aliphatic heterocycles. The predicted octanol–water partition coefficient (Wildman–Crippen LogP) is 5.64. The van der Waals surface area contributed by atoms with Gasteiger partial charge < -0.3 is 10.6 Å². The van der Waals surface area contributed by atoms with Gasteiger partial charge >= 0.3 is 0 Å². The van der Waals surface area contributed by atoms with Crippen molar-refractivity contribution >= 4 is 28.8 Å². The van der Waals surface area contributed by atoms with E-state index >= 15 is 0 Å². The molecule has 0 fully saturated rings. The van der Waals surface area contributed by atoms with Gasteiger partial charge in [0, 0.05) is 24.0 Å². The van der Waals surface area contributed by atoms with Crippen LogP contribution >= 0.6 is 12.2 Å². The summed E-state index contributed by atoms with van der Waals surface area (Å²) >= 11 is 5.24. The normalized spacial score (nSPS) is 10.8. The third kappa shape index (κ3) is 5.35. The van der Waals surface area contributed by atoms with Crippen molar-refractivity contribution in [2.75, 3.05) is 10.6 Å². The Morgan fingerprint density at radius 1 is 1.00 bits per heavy atom. The molecule has 0 amide bonds. The molecule has 2 aromatic carbocycles. The molecule has 3 rings (SSSR count). The maximum atomic E-state index is 13.8. The van der Waals surface area contributed by atoms with E-state index in [0.717, 1.165) is 29.6 Å². The Hall–Kier alpha value is -2.94. The second kappa shape index (κ2) is 9.71. The monoisotopic (exact) mass is 436 g/mol. The quantitative estimate of drug-likeness (QED) is 0.286. The van der Waals surface area contributed by atoms with Gasteiger partial charge in [0.2, 0.25) is 0 Å². The molecular formula is C21H20F4N4S. The lowest BCUT2D eigenvalue weighted by molar-refractivity contribution is 0.431. The Morgan fingerprint density at radius 2 is 1.67 bits per heavy atom. The van der Waals surface area contributed by atoms with Crippen molar-refractivity contribution in [2.45, 2.75) is 32.7 Å². The number of thiocarbonyl (C=S) groups is 1. The number of benzene rings is 2. The van der Waals surface area contributed by atoms with Crippen LogP contribution in [-0.4, -0.2) is 14.9 Å². The molecule has 0 atom stereocenters. The molecule has 0 aliphatic rings. The zero-order valence-corrected chi connectivity index (χ0v) is 17.0. The number of aryl methyl sites for hydroxylation is 1. The molecule has 3 aromatic rings. The van der Waals surface area contributed by atoms with Crippen molar-refractivity contribution < 1.29 is 17.6 Å². The summed E-state index contributed by atoms with van der Waals surface area (Å²) in [4.78, 5) is 0. The topological polar surface area (TPSA) is 41.9 Å². The van der Waals surface area contributed by atoms with E-state index < -0.39 is 35.4 Å². The van der Waals surface area contributed by atoms with Gasteiger partial charge in [-0.05, 0) is 42.8 Å². The first-order valence-electron chi connectivity index (χ1n) is 9.39. The highest BCUT2D eigenvalue weighted by molar-refractivity contribution is 7.80. The van der Waals surface area contributed by atoms with E-state index in [2.05, 4.69) is 22.7 Å². The minimum atomic E-state index is -1.46. The van der Waals surface area contributed by atoms with Crippen LogP contribution in [0.2, 0.25) is 0 Å². The van der Waals surface area contributed by atoms with E-state index in [1.54, 1.807) is 0 Å². The maximum Gasteiger partial charge on any atom is 0.176 e. The summed E-state index contributed by atoms with van der Waals surface area (Å²) in [6, 6.07) is 9.58. The Morgan fingerprint density at radius 3 is 2.30 bits per heavy atom. The van der Waals surface area contributed by atoms with Crippen LogP contribution in [0.4, 0.5) is 29.1 Å². The van der Waals surface area contributed by atoms with Gasteiger partial charge in [-0.2, -0.15) is 5.10 Å². The molecule has 0 bridgehead atoms. The van der Waals surface area contributed by atoms with Crippen molar-refractivity contribution in [3.8, 4) is 0 Å². The number of halogens is 4. The second-order valence-corrected chi connectivity index (χ2v) is 7.13. The largest absolute Gasteiger partial charge is 0.332 e. The van der Waals surface area contributed by atoms with Crippen LogP contribution in [0.15, 0.2) is 42.6 Å². The molecule has 0 spiro atoms. The summed E-state index contributed by atoms with van der Waals surface area (Å²) in [5.74, 6) is -5.50. The van der Waals surface area contributed by atoms with Gasteiger partial charge in [-0.1, -0.05) is 25.5 Å². The summed E-state index contributed by atoms with van der Waals surface area (Å²) in [5, 5.41) is 10.2. The van der Waals surface area contributed by atoms with Crippen molar-refractivity contribution in [1.29, 1.82) is 0 Å². The summed E-state index contributed by atoms with van der Waals surface area (Å²) < 4.78 is 55.5. The lowest BCUT2D eigenvalue weighted by atomic mass is 10.1. The molecule has 30 heavy (non-hydrogen) atoms. The Kier molecular flexibility index (Phi) is 7.04. The highest BCUT2D eigenvalue weighted by atomic mass is 32.1. The molecule has 0 aliphatic carbocycles. The van der Waals surface area contributed by atoms with E-state index in [-0.39, 0.29) is 11.2 Å². The average Bonchev–Trinajstić information content (AvgIpc) is 3.16. The van der Waals surface area contributed by atoms with Gasteiger partial charge in [0.15, 0.2) is 34.2 Å².